The van der Waals surface area contributed by atoms with E-state index in [-0.39, 0.29) is 17.5 Å². The van der Waals surface area contributed by atoms with E-state index in [4.69, 9.17) is 0 Å². The van der Waals surface area contributed by atoms with Gasteiger partial charge in [0.15, 0.2) is 5.78 Å². The number of carbonyl (C=O) groups is 2. The third kappa shape index (κ3) is 1.18. The Hall–Kier alpha value is -0.660. The molecule has 0 saturated heterocycles. The maximum Gasteiger partial charge on any atom is 0.201 e. The van der Waals surface area contributed by atoms with Crippen LogP contribution in [0.4, 0.5) is 0 Å². The largest absolute Gasteiger partial charge is 0.291 e. The average Bonchev–Trinajstić information content (AvgIpc) is 1.83. The Morgan fingerprint density at radius 2 is 2.11 bits per heavy atom. The lowest BCUT2D eigenvalue weighted by atomic mass is 9.89. The molecule has 0 amide bonds. The summed E-state index contributed by atoms with van der Waals surface area (Å²) in [5.74, 6) is -0.346. The monoisotopic (exact) mass is 126 g/mol. The lowest BCUT2D eigenvalue weighted by molar-refractivity contribution is -0.140. The van der Waals surface area contributed by atoms with Gasteiger partial charge in [0, 0.05) is 12.3 Å². The molecule has 0 aromatic rings. The molecular formula is C7H10O2. The molecule has 1 fully saturated rings. The van der Waals surface area contributed by atoms with Crippen LogP contribution in [0.2, 0.25) is 0 Å². The fourth-order valence-corrected chi connectivity index (χ4v) is 1.10. The van der Waals surface area contributed by atoms with Crippen molar-refractivity contribution in [3.63, 3.8) is 0 Å². The highest BCUT2D eigenvalue weighted by molar-refractivity contribution is 6.38. The topological polar surface area (TPSA) is 34.1 Å². The van der Waals surface area contributed by atoms with Crippen LogP contribution in [-0.2, 0) is 9.59 Å². The molecular weight excluding hydrogens is 116 g/mol. The number of ketones is 2. The molecule has 0 aromatic carbocycles. The molecule has 0 unspecified atom stereocenters. The number of hydrogen-bond acceptors (Lipinski definition) is 2. The minimum absolute atomic E-state index is 0.00810. The van der Waals surface area contributed by atoms with Gasteiger partial charge >= 0.3 is 0 Å². The lowest BCUT2D eigenvalue weighted by Crippen LogP contribution is -2.25. The highest BCUT2D eigenvalue weighted by atomic mass is 16.2. The van der Waals surface area contributed by atoms with Gasteiger partial charge in [-0.15, -0.1) is 0 Å². The smallest absolute Gasteiger partial charge is 0.201 e. The molecule has 1 atom stereocenters. The Morgan fingerprint density at radius 1 is 1.44 bits per heavy atom. The van der Waals surface area contributed by atoms with E-state index < -0.39 is 0 Å². The number of Topliss-reactive ketones (excluding diaryl/α,β-unsaturated/α-hetero) is 2. The normalized spacial score (nSPS) is 28.8. The minimum Gasteiger partial charge on any atom is -0.291 e. The van der Waals surface area contributed by atoms with Crippen LogP contribution in [0.1, 0.15) is 26.2 Å². The molecule has 0 N–H and O–H groups in total. The Morgan fingerprint density at radius 3 is 2.56 bits per heavy atom. The first-order chi connectivity index (χ1) is 4.22. The van der Waals surface area contributed by atoms with Crippen LogP contribution in [0.15, 0.2) is 0 Å². The Balaban J connectivity index is 2.62. The Labute approximate surface area is 54.2 Å². The van der Waals surface area contributed by atoms with Gasteiger partial charge in [0.1, 0.15) is 0 Å². The molecule has 0 heterocycles. The van der Waals surface area contributed by atoms with Crippen LogP contribution in [0.3, 0.4) is 0 Å². The maximum atomic E-state index is 10.8. The molecule has 1 aliphatic carbocycles. The summed E-state index contributed by atoms with van der Waals surface area (Å²) in [5.41, 5.74) is 0. The van der Waals surface area contributed by atoms with Gasteiger partial charge in [-0.2, -0.15) is 0 Å². The average molecular weight is 126 g/mol. The first kappa shape index (κ1) is 6.46. The van der Waals surface area contributed by atoms with E-state index in [9.17, 15) is 9.59 Å². The standard InChI is InChI=1S/C7H10O2/c1-5-3-2-4-6(8)7(5)9/h5H,2-4H2,1H3/t5-/m1/s1. The van der Waals surface area contributed by atoms with Crippen molar-refractivity contribution in [2.24, 2.45) is 5.92 Å². The zero-order valence-corrected chi connectivity index (χ0v) is 5.52. The van der Waals surface area contributed by atoms with Gasteiger partial charge in [-0.3, -0.25) is 9.59 Å². The highest BCUT2D eigenvalue weighted by Gasteiger charge is 2.24. The van der Waals surface area contributed by atoms with Crippen molar-refractivity contribution < 1.29 is 9.59 Å². The highest BCUT2D eigenvalue weighted by Crippen LogP contribution is 2.16. The molecule has 50 valence electrons. The second-order valence-electron chi connectivity index (χ2n) is 2.58. The van der Waals surface area contributed by atoms with Gasteiger partial charge < -0.3 is 0 Å². The molecule has 0 spiro atoms. The fourth-order valence-electron chi connectivity index (χ4n) is 1.10. The van der Waals surface area contributed by atoms with Crippen LogP contribution in [0.25, 0.3) is 0 Å². The summed E-state index contributed by atoms with van der Waals surface area (Å²) in [4.78, 5) is 21.4. The van der Waals surface area contributed by atoms with E-state index in [1.54, 1.807) is 0 Å². The van der Waals surface area contributed by atoms with Gasteiger partial charge in [0.05, 0.1) is 0 Å². The number of carbonyl (C=O) groups excluding carboxylic acids is 2. The van der Waals surface area contributed by atoms with Gasteiger partial charge in [0.25, 0.3) is 0 Å². The van der Waals surface area contributed by atoms with Crippen molar-refractivity contribution in [2.75, 3.05) is 0 Å². The third-order valence-electron chi connectivity index (χ3n) is 1.76. The van der Waals surface area contributed by atoms with Gasteiger partial charge in [0.2, 0.25) is 5.78 Å². The van der Waals surface area contributed by atoms with E-state index in [0.29, 0.717) is 6.42 Å². The molecule has 1 saturated carbocycles. The second-order valence-corrected chi connectivity index (χ2v) is 2.58. The summed E-state index contributed by atoms with van der Waals surface area (Å²) in [6, 6.07) is 0. The fraction of sp³-hybridized carbons (Fsp3) is 0.714. The molecule has 0 bridgehead atoms. The predicted octanol–water partition coefficient (Wildman–Crippen LogP) is 0.945. The predicted molar refractivity (Wildman–Crippen MR) is 33.0 cm³/mol. The molecule has 9 heavy (non-hydrogen) atoms. The number of hydrogen-bond donors (Lipinski definition) is 0. The summed E-state index contributed by atoms with van der Waals surface area (Å²) < 4.78 is 0. The maximum absolute atomic E-state index is 10.8. The molecule has 0 aromatic heterocycles. The molecule has 0 aliphatic heterocycles. The van der Waals surface area contributed by atoms with Crippen molar-refractivity contribution in [1.82, 2.24) is 0 Å². The quantitative estimate of drug-likeness (QED) is 0.453. The van der Waals surface area contributed by atoms with Crippen molar-refractivity contribution in [3.8, 4) is 0 Å². The Bertz CT molecular complexity index is 149. The lowest BCUT2D eigenvalue weighted by Gasteiger charge is -2.13. The van der Waals surface area contributed by atoms with Crippen molar-refractivity contribution in [3.05, 3.63) is 0 Å². The van der Waals surface area contributed by atoms with E-state index in [0.717, 1.165) is 12.8 Å². The summed E-state index contributed by atoms with van der Waals surface area (Å²) in [7, 11) is 0. The summed E-state index contributed by atoms with van der Waals surface area (Å²) in [6.45, 7) is 1.82. The number of rotatable bonds is 0. The molecule has 0 radical (unpaired) electrons. The molecule has 2 nitrogen and oxygen atoms in total. The first-order valence-corrected chi connectivity index (χ1v) is 3.29. The van der Waals surface area contributed by atoms with E-state index in [1.165, 1.54) is 0 Å². The third-order valence-corrected chi connectivity index (χ3v) is 1.76. The molecule has 2 heteroatoms. The SMILES string of the molecule is C[C@@H]1CCCC(=O)C1=O. The van der Waals surface area contributed by atoms with E-state index in [2.05, 4.69) is 0 Å². The van der Waals surface area contributed by atoms with E-state index >= 15 is 0 Å². The van der Waals surface area contributed by atoms with Crippen molar-refractivity contribution in [2.45, 2.75) is 26.2 Å². The van der Waals surface area contributed by atoms with Gasteiger partial charge in [-0.25, -0.2) is 0 Å². The van der Waals surface area contributed by atoms with Crippen LogP contribution >= 0.6 is 0 Å². The van der Waals surface area contributed by atoms with Crippen LogP contribution in [0, 0.1) is 5.92 Å². The summed E-state index contributed by atoms with van der Waals surface area (Å²) in [5, 5.41) is 0. The van der Waals surface area contributed by atoms with Gasteiger partial charge in [-0.1, -0.05) is 6.92 Å². The van der Waals surface area contributed by atoms with Crippen LogP contribution in [0.5, 0.6) is 0 Å². The first-order valence-electron chi connectivity index (χ1n) is 3.29. The summed E-state index contributed by atoms with van der Waals surface area (Å²) >= 11 is 0. The second kappa shape index (κ2) is 2.29. The minimum atomic E-state index is -0.172. The zero-order valence-electron chi connectivity index (χ0n) is 5.52. The molecule has 1 aliphatic rings. The zero-order chi connectivity index (χ0) is 6.85. The summed E-state index contributed by atoms with van der Waals surface area (Å²) in [6.07, 6.45) is 2.26. The van der Waals surface area contributed by atoms with Gasteiger partial charge in [-0.05, 0) is 12.8 Å². The molecule has 1 rings (SSSR count). The van der Waals surface area contributed by atoms with Crippen LogP contribution in [-0.4, -0.2) is 11.6 Å². The Kier molecular flexibility index (Phi) is 1.65. The van der Waals surface area contributed by atoms with Crippen molar-refractivity contribution >= 4 is 11.6 Å². The van der Waals surface area contributed by atoms with E-state index in [1.807, 2.05) is 6.92 Å². The van der Waals surface area contributed by atoms with Crippen molar-refractivity contribution in [1.29, 1.82) is 0 Å². The van der Waals surface area contributed by atoms with Crippen LogP contribution < -0.4 is 0 Å².